The number of hydrogen-bond acceptors (Lipinski definition) is 7. The van der Waals surface area contributed by atoms with E-state index in [-0.39, 0.29) is 5.96 Å². The van der Waals surface area contributed by atoms with Crippen molar-refractivity contribution in [3.63, 3.8) is 0 Å². The predicted octanol–water partition coefficient (Wildman–Crippen LogP) is 2.46. The highest BCUT2D eigenvalue weighted by Crippen LogP contribution is 2.29. The molecule has 0 aromatic heterocycles. The molecule has 7 nitrogen and oxygen atoms in total. The van der Waals surface area contributed by atoms with Gasteiger partial charge < -0.3 is 20.9 Å². The fourth-order valence-electron chi connectivity index (χ4n) is 2.83. The van der Waals surface area contributed by atoms with E-state index in [0.717, 1.165) is 22.7 Å². The van der Waals surface area contributed by atoms with Gasteiger partial charge in [0.05, 0.1) is 7.11 Å². The van der Waals surface area contributed by atoms with Crippen LogP contribution in [0.3, 0.4) is 0 Å². The summed E-state index contributed by atoms with van der Waals surface area (Å²) in [7, 11) is 1.65. The molecule has 0 radical (unpaired) electrons. The number of nitrogens with two attached hydrogens (primary N) is 2. The Hall–Kier alpha value is -3.22. The SMILES string of the molecule is COc1ccc(COc2ccc(N3C(N)=NC(N)=NC3(C)C)cc2)cc1. The summed E-state index contributed by atoms with van der Waals surface area (Å²) in [6.45, 7) is 4.33. The number of aliphatic imine (C=N–C) groups is 2. The fraction of sp³-hybridized carbons (Fsp3) is 0.263. The van der Waals surface area contributed by atoms with Crippen LogP contribution in [0.4, 0.5) is 5.69 Å². The molecular formula is C19H23N5O2. The Kier molecular flexibility index (Phi) is 4.71. The molecule has 136 valence electrons. The number of hydrogen-bond donors (Lipinski definition) is 2. The highest BCUT2D eigenvalue weighted by molar-refractivity contribution is 6.05. The highest BCUT2D eigenvalue weighted by atomic mass is 16.5. The average molecular weight is 353 g/mol. The Morgan fingerprint density at radius 1 is 0.962 bits per heavy atom. The Bertz CT molecular complexity index is 826. The van der Waals surface area contributed by atoms with Crippen molar-refractivity contribution in [1.29, 1.82) is 0 Å². The molecule has 0 atom stereocenters. The number of methoxy groups -OCH3 is 1. The molecule has 2 aromatic carbocycles. The van der Waals surface area contributed by atoms with Crippen LogP contribution in [0.25, 0.3) is 0 Å². The highest BCUT2D eigenvalue weighted by Gasteiger charge is 2.32. The van der Waals surface area contributed by atoms with Crippen molar-refractivity contribution in [2.24, 2.45) is 21.5 Å². The predicted molar refractivity (Wildman–Crippen MR) is 104 cm³/mol. The normalized spacial score (nSPS) is 15.9. The van der Waals surface area contributed by atoms with Gasteiger partial charge in [-0.3, -0.25) is 4.90 Å². The molecule has 0 bridgehead atoms. The summed E-state index contributed by atoms with van der Waals surface area (Å²) in [5.74, 6) is 2.08. The van der Waals surface area contributed by atoms with Crippen molar-refractivity contribution >= 4 is 17.6 Å². The van der Waals surface area contributed by atoms with E-state index in [0.29, 0.717) is 12.6 Å². The standard InChI is InChI=1S/C19H23N5O2/c1-19(2)23-17(20)22-18(21)24(19)14-6-10-16(11-7-14)26-12-13-4-8-15(25-3)9-5-13/h4-11H,12H2,1-3H3,(H4,20,21,22,23). The third-order valence-corrected chi connectivity index (χ3v) is 4.05. The van der Waals surface area contributed by atoms with Crippen molar-refractivity contribution < 1.29 is 9.47 Å². The van der Waals surface area contributed by atoms with Crippen molar-refractivity contribution in [1.82, 2.24) is 0 Å². The molecule has 26 heavy (non-hydrogen) atoms. The number of benzene rings is 2. The average Bonchev–Trinajstić information content (AvgIpc) is 2.60. The van der Waals surface area contributed by atoms with Gasteiger partial charge in [-0.1, -0.05) is 12.1 Å². The largest absolute Gasteiger partial charge is 0.497 e. The lowest BCUT2D eigenvalue weighted by atomic mass is 10.1. The van der Waals surface area contributed by atoms with E-state index in [1.807, 2.05) is 67.3 Å². The van der Waals surface area contributed by atoms with Gasteiger partial charge in [0, 0.05) is 5.69 Å². The molecule has 0 spiro atoms. The molecule has 4 N–H and O–H groups in total. The van der Waals surface area contributed by atoms with Crippen LogP contribution in [0.15, 0.2) is 58.5 Å². The van der Waals surface area contributed by atoms with Crippen molar-refractivity contribution in [2.75, 3.05) is 12.0 Å². The molecule has 0 fully saturated rings. The molecule has 3 rings (SSSR count). The van der Waals surface area contributed by atoms with Crippen LogP contribution < -0.4 is 25.8 Å². The van der Waals surface area contributed by atoms with Gasteiger partial charge in [-0.25, -0.2) is 4.99 Å². The van der Waals surface area contributed by atoms with Crippen LogP contribution in [0.1, 0.15) is 19.4 Å². The summed E-state index contributed by atoms with van der Waals surface area (Å²) >= 11 is 0. The molecule has 2 aromatic rings. The van der Waals surface area contributed by atoms with Crippen molar-refractivity contribution in [2.45, 2.75) is 26.1 Å². The van der Waals surface area contributed by atoms with Crippen molar-refractivity contribution in [3.8, 4) is 11.5 Å². The van der Waals surface area contributed by atoms with Crippen molar-refractivity contribution in [3.05, 3.63) is 54.1 Å². The molecule has 0 amide bonds. The van der Waals surface area contributed by atoms with Gasteiger partial charge in [0.2, 0.25) is 11.9 Å². The summed E-state index contributed by atoms with van der Waals surface area (Å²) in [6.07, 6.45) is 0. The van der Waals surface area contributed by atoms with Gasteiger partial charge in [0.1, 0.15) is 23.8 Å². The number of nitrogens with zero attached hydrogens (tertiary/aromatic N) is 3. The number of anilines is 1. The molecule has 0 saturated carbocycles. The van der Waals surface area contributed by atoms with Crippen LogP contribution in [0.5, 0.6) is 11.5 Å². The lowest BCUT2D eigenvalue weighted by Gasteiger charge is -2.38. The molecule has 1 heterocycles. The first-order valence-electron chi connectivity index (χ1n) is 8.24. The van der Waals surface area contributed by atoms with Crippen LogP contribution >= 0.6 is 0 Å². The molecule has 0 saturated heterocycles. The van der Waals surface area contributed by atoms with Gasteiger partial charge in [0.15, 0.2) is 0 Å². The van der Waals surface area contributed by atoms with Gasteiger partial charge in [-0.2, -0.15) is 4.99 Å². The first-order chi connectivity index (χ1) is 12.4. The van der Waals surface area contributed by atoms with E-state index in [1.165, 1.54) is 0 Å². The number of guanidine groups is 2. The summed E-state index contributed by atoms with van der Waals surface area (Å²) < 4.78 is 11.0. The first-order valence-corrected chi connectivity index (χ1v) is 8.24. The monoisotopic (exact) mass is 353 g/mol. The van der Waals surface area contributed by atoms with E-state index >= 15 is 0 Å². The second-order valence-electron chi connectivity index (χ2n) is 6.40. The third kappa shape index (κ3) is 3.72. The lowest BCUT2D eigenvalue weighted by Crippen LogP contribution is -2.54. The first kappa shape index (κ1) is 17.6. The Balaban J connectivity index is 1.69. The minimum absolute atomic E-state index is 0.184. The zero-order valence-corrected chi connectivity index (χ0v) is 15.1. The number of rotatable bonds is 5. The zero-order chi connectivity index (χ0) is 18.7. The second-order valence-corrected chi connectivity index (χ2v) is 6.40. The summed E-state index contributed by atoms with van der Waals surface area (Å²) in [5.41, 5.74) is 13.1. The van der Waals surface area contributed by atoms with E-state index in [9.17, 15) is 0 Å². The summed E-state index contributed by atoms with van der Waals surface area (Å²) in [4.78, 5) is 10.2. The maximum absolute atomic E-state index is 6.05. The zero-order valence-electron chi connectivity index (χ0n) is 15.1. The van der Waals surface area contributed by atoms with Crippen LogP contribution in [-0.2, 0) is 6.61 Å². The maximum atomic E-state index is 6.05. The molecule has 1 aliphatic rings. The molecule has 7 heteroatoms. The van der Waals surface area contributed by atoms with E-state index < -0.39 is 5.66 Å². The Morgan fingerprint density at radius 2 is 1.58 bits per heavy atom. The van der Waals surface area contributed by atoms with E-state index in [1.54, 1.807) is 7.11 Å². The van der Waals surface area contributed by atoms with Gasteiger partial charge in [-0.05, 0) is 55.8 Å². The number of ether oxygens (including phenoxy) is 2. The second kappa shape index (κ2) is 6.95. The minimum Gasteiger partial charge on any atom is -0.497 e. The van der Waals surface area contributed by atoms with E-state index in [4.69, 9.17) is 20.9 Å². The Labute approximate surface area is 152 Å². The van der Waals surface area contributed by atoms with E-state index in [2.05, 4.69) is 9.98 Å². The smallest absolute Gasteiger partial charge is 0.220 e. The maximum Gasteiger partial charge on any atom is 0.220 e. The quantitative estimate of drug-likeness (QED) is 0.860. The molecular weight excluding hydrogens is 330 g/mol. The lowest BCUT2D eigenvalue weighted by molar-refractivity contribution is 0.306. The van der Waals surface area contributed by atoms with Crippen LogP contribution in [0, 0.1) is 0 Å². The fourth-order valence-corrected chi connectivity index (χ4v) is 2.83. The van der Waals surface area contributed by atoms with Crippen LogP contribution in [-0.4, -0.2) is 24.7 Å². The molecule has 0 aliphatic carbocycles. The molecule has 1 aliphatic heterocycles. The molecule has 0 unspecified atom stereocenters. The third-order valence-electron chi connectivity index (χ3n) is 4.05. The van der Waals surface area contributed by atoms with Crippen LogP contribution in [0.2, 0.25) is 0 Å². The van der Waals surface area contributed by atoms with Gasteiger partial charge in [-0.15, -0.1) is 0 Å². The topological polar surface area (TPSA) is 98.5 Å². The van der Waals surface area contributed by atoms with Gasteiger partial charge >= 0.3 is 0 Å². The summed E-state index contributed by atoms with van der Waals surface area (Å²) in [6, 6.07) is 15.4. The summed E-state index contributed by atoms with van der Waals surface area (Å²) in [5, 5.41) is 0. The van der Waals surface area contributed by atoms with Gasteiger partial charge in [0.25, 0.3) is 0 Å². The Morgan fingerprint density at radius 3 is 2.15 bits per heavy atom. The minimum atomic E-state index is -0.610.